The molecule has 3 rings (SSSR count). The molecule has 3 nitrogen and oxygen atoms in total. The molecule has 1 saturated carbocycles. The summed E-state index contributed by atoms with van der Waals surface area (Å²) in [6.45, 7) is 1.49. The summed E-state index contributed by atoms with van der Waals surface area (Å²) in [7, 11) is 0. The first-order valence-corrected chi connectivity index (χ1v) is 6.81. The summed E-state index contributed by atoms with van der Waals surface area (Å²) >= 11 is 6.02. The Kier molecular flexibility index (Phi) is 2.83. The maximum atomic E-state index is 12.6. The van der Waals surface area contributed by atoms with E-state index in [0.29, 0.717) is 11.6 Å². The summed E-state index contributed by atoms with van der Waals surface area (Å²) < 4.78 is 0. The SMILES string of the molecule is N[C@H]1CCN(C(=O)C2(c3cccc(Cl)c3)CC2)C1. The molecule has 1 saturated heterocycles. The summed E-state index contributed by atoms with van der Waals surface area (Å²) in [6.07, 6.45) is 2.77. The van der Waals surface area contributed by atoms with Gasteiger partial charge in [0.2, 0.25) is 5.91 Å². The van der Waals surface area contributed by atoms with Crippen LogP contribution >= 0.6 is 11.6 Å². The second-order valence-electron chi connectivity index (χ2n) is 5.39. The predicted molar refractivity (Wildman–Crippen MR) is 71.5 cm³/mol. The average molecular weight is 265 g/mol. The Morgan fingerprint density at radius 1 is 1.44 bits per heavy atom. The minimum atomic E-state index is -0.311. The van der Waals surface area contributed by atoms with E-state index in [9.17, 15) is 4.79 Å². The van der Waals surface area contributed by atoms with Gasteiger partial charge >= 0.3 is 0 Å². The van der Waals surface area contributed by atoms with Crippen LogP contribution in [0.2, 0.25) is 5.02 Å². The van der Waals surface area contributed by atoms with Gasteiger partial charge in [-0.1, -0.05) is 23.7 Å². The van der Waals surface area contributed by atoms with Crippen molar-refractivity contribution in [3.63, 3.8) is 0 Å². The highest BCUT2D eigenvalue weighted by Crippen LogP contribution is 2.50. The van der Waals surface area contributed by atoms with E-state index in [1.54, 1.807) is 0 Å². The van der Waals surface area contributed by atoms with Gasteiger partial charge in [-0.3, -0.25) is 4.79 Å². The predicted octanol–water partition coefficient (Wildman–Crippen LogP) is 1.93. The topological polar surface area (TPSA) is 46.3 Å². The van der Waals surface area contributed by atoms with E-state index in [2.05, 4.69) is 0 Å². The number of carbonyl (C=O) groups excluding carboxylic acids is 1. The molecule has 0 aromatic heterocycles. The van der Waals surface area contributed by atoms with Crippen LogP contribution in [0, 0.1) is 0 Å². The van der Waals surface area contributed by atoms with Gasteiger partial charge in [-0.15, -0.1) is 0 Å². The van der Waals surface area contributed by atoms with Crippen molar-refractivity contribution >= 4 is 17.5 Å². The number of hydrogen-bond acceptors (Lipinski definition) is 2. The van der Waals surface area contributed by atoms with Crippen LogP contribution in [0.3, 0.4) is 0 Å². The summed E-state index contributed by atoms with van der Waals surface area (Å²) in [5.41, 5.74) is 6.62. The van der Waals surface area contributed by atoms with Crippen molar-refractivity contribution in [2.45, 2.75) is 30.7 Å². The highest BCUT2D eigenvalue weighted by atomic mass is 35.5. The van der Waals surface area contributed by atoms with Crippen LogP contribution in [0.25, 0.3) is 0 Å². The van der Waals surface area contributed by atoms with Crippen LogP contribution in [-0.4, -0.2) is 29.9 Å². The molecule has 4 heteroatoms. The number of nitrogens with zero attached hydrogens (tertiary/aromatic N) is 1. The number of amides is 1. The molecule has 2 aliphatic rings. The van der Waals surface area contributed by atoms with E-state index in [-0.39, 0.29) is 17.4 Å². The molecule has 1 heterocycles. The first-order valence-electron chi connectivity index (χ1n) is 6.43. The number of carbonyl (C=O) groups is 1. The zero-order chi connectivity index (χ0) is 12.8. The maximum Gasteiger partial charge on any atom is 0.233 e. The van der Waals surface area contributed by atoms with Crippen LogP contribution < -0.4 is 5.73 Å². The molecule has 18 heavy (non-hydrogen) atoms. The molecular formula is C14H17ClN2O. The van der Waals surface area contributed by atoms with Gasteiger partial charge in [-0.25, -0.2) is 0 Å². The van der Waals surface area contributed by atoms with E-state index in [4.69, 9.17) is 17.3 Å². The normalized spacial score (nSPS) is 25.2. The van der Waals surface area contributed by atoms with Crippen molar-refractivity contribution in [2.24, 2.45) is 5.73 Å². The molecule has 1 amide bonds. The fourth-order valence-electron chi connectivity index (χ4n) is 2.81. The number of nitrogens with two attached hydrogens (primary N) is 1. The van der Waals surface area contributed by atoms with Crippen molar-refractivity contribution in [1.29, 1.82) is 0 Å². The number of rotatable bonds is 2. The molecule has 1 aromatic rings. The largest absolute Gasteiger partial charge is 0.340 e. The Morgan fingerprint density at radius 2 is 2.22 bits per heavy atom. The van der Waals surface area contributed by atoms with Gasteiger partial charge in [-0.2, -0.15) is 0 Å². The Morgan fingerprint density at radius 3 is 2.78 bits per heavy atom. The monoisotopic (exact) mass is 264 g/mol. The van der Waals surface area contributed by atoms with Crippen molar-refractivity contribution in [1.82, 2.24) is 4.90 Å². The van der Waals surface area contributed by atoms with Gasteiger partial charge in [0.05, 0.1) is 5.41 Å². The number of hydrogen-bond donors (Lipinski definition) is 1. The molecule has 0 bridgehead atoms. The fourth-order valence-corrected chi connectivity index (χ4v) is 3.00. The Balaban J connectivity index is 1.85. The van der Waals surface area contributed by atoms with Crippen LogP contribution in [0.4, 0.5) is 0 Å². The zero-order valence-corrected chi connectivity index (χ0v) is 11.0. The minimum Gasteiger partial charge on any atom is -0.340 e. The quantitative estimate of drug-likeness (QED) is 0.887. The lowest BCUT2D eigenvalue weighted by molar-refractivity contribution is -0.132. The Hall–Kier alpha value is -1.06. The Bertz CT molecular complexity index is 484. The minimum absolute atomic E-state index is 0.143. The van der Waals surface area contributed by atoms with Gasteiger partial charge in [0.25, 0.3) is 0 Å². The first-order chi connectivity index (χ1) is 8.62. The van der Waals surface area contributed by atoms with E-state index < -0.39 is 0 Å². The molecule has 0 spiro atoms. The summed E-state index contributed by atoms with van der Waals surface area (Å²) in [5.74, 6) is 0.234. The number of benzene rings is 1. The Labute approximate surface area is 112 Å². The molecule has 96 valence electrons. The number of likely N-dealkylation sites (tertiary alicyclic amines) is 1. The van der Waals surface area contributed by atoms with Crippen molar-refractivity contribution in [3.05, 3.63) is 34.9 Å². The van der Waals surface area contributed by atoms with Crippen LogP contribution in [0.1, 0.15) is 24.8 Å². The van der Waals surface area contributed by atoms with Crippen molar-refractivity contribution in [3.8, 4) is 0 Å². The van der Waals surface area contributed by atoms with E-state index >= 15 is 0 Å². The summed E-state index contributed by atoms with van der Waals surface area (Å²) in [6, 6.07) is 7.83. The molecule has 2 fully saturated rings. The van der Waals surface area contributed by atoms with E-state index in [1.807, 2.05) is 29.2 Å². The van der Waals surface area contributed by atoms with Crippen LogP contribution in [-0.2, 0) is 10.2 Å². The molecule has 0 radical (unpaired) electrons. The maximum absolute atomic E-state index is 12.6. The molecule has 0 unspecified atom stereocenters. The average Bonchev–Trinajstić information content (AvgIpc) is 3.06. The molecule has 1 aromatic carbocycles. The smallest absolute Gasteiger partial charge is 0.233 e. The third kappa shape index (κ3) is 1.91. The molecule has 1 aliphatic carbocycles. The molecule has 1 aliphatic heterocycles. The van der Waals surface area contributed by atoms with E-state index in [1.165, 1.54) is 0 Å². The van der Waals surface area contributed by atoms with Crippen molar-refractivity contribution < 1.29 is 4.79 Å². The summed E-state index contributed by atoms with van der Waals surface area (Å²) in [4.78, 5) is 14.5. The van der Waals surface area contributed by atoms with Crippen molar-refractivity contribution in [2.75, 3.05) is 13.1 Å². The molecule has 1 atom stereocenters. The highest BCUT2D eigenvalue weighted by Gasteiger charge is 2.53. The van der Waals surface area contributed by atoms with Gasteiger partial charge in [0.1, 0.15) is 0 Å². The highest BCUT2D eigenvalue weighted by molar-refractivity contribution is 6.30. The van der Waals surface area contributed by atoms with Gasteiger partial charge in [-0.05, 0) is 37.0 Å². The lowest BCUT2D eigenvalue weighted by Gasteiger charge is -2.23. The van der Waals surface area contributed by atoms with Gasteiger partial charge < -0.3 is 10.6 Å². The van der Waals surface area contributed by atoms with E-state index in [0.717, 1.165) is 31.4 Å². The lowest BCUT2D eigenvalue weighted by Crippen LogP contribution is -2.39. The zero-order valence-electron chi connectivity index (χ0n) is 10.2. The van der Waals surface area contributed by atoms with Crippen LogP contribution in [0.5, 0.6) is 0 Å². The molecular weight excluding hydrogens is 248 g/mol. The first kappa shape index (κ1) is 12.0. The standard InChI is InChI=1S/C14H17ClN2O/c15-11-3-1-2-10(8-11)14(5-6-14)13(18)17-7-4-12(16)9-17/h1-3,8,12H,4-7,9,16H2/t12-/m0/s1. The van der Waals surface area contributed by atoms with Crippen LogP contribution in [0.15, 0.2) is 24.3 Å². The number of halogens is 1. The fraction of sp³-hybridized carbons (Fsp3) is 0.500. The summed E-state index contributed by atoms with van der Waals surface area (Å²) in [5, 5.41) is 0.699. The van der Waals surface area contributed by atoms with Gasteiger partial charge in [0.15, 0.2) is 0 Å². The second kappa shape index (κ2) is 4.25. The third-order valence-electron chi connectivity index (χ3n) is 4.05. The lowest BCUT2D eigenvalue weighted by atomic mass is 9.94. The third-order valence-corrected chi connectivity index (χ3v) is 4.28. The second-order valence-corrected chi connectivity index (χ2v) is 5.83. The van der Waals surface area contributed by atoms with Gasteiger partial charge in [0, 0.05) is 24.2 Å². The molecule has 2 N–H and O–H groups in total.